The minimum atomic E-state index is -5.14. The fraction of sp³-hybridized carbons (Fsp3) is 0.878. The molecule has 1 saturated carbocycles. The number of phosphoric ester groups is 1. The van der Waals surface area contributed by atoms with E-state index in [1.165, 1.54) is 96.0 Å². The lowest BCUT2D eigenvalue weighted by atomic mass is 9.85. The van der Waals surface area contributed by atoms with E-state index in [0.717, 1.165) is 44.9 Å². The van der Waals surface area contributed by atoms with Crippen molar-refractivity contribution in [3.05, 3.63) is 24.3 Å². The second-order valence-corrected chi connectivity index (χ2v) is 16.8. The maximum absolute atomic E-state index is 12.9. The number of allylic oxidation sites excluding steroid dienone is 3. The van der Waals surface area contributed by atoms with E-state index in [4.69, 9.17) is 9.05 Å². The topological polar surface area (TPSA) is 226 Å². The van der Waals surface area contributed by atoms with Crippen molar-refractivity contribution in [2.45, 2.75) is 223 Å². The van der Waals surface area contributed by atoms with E-state index in [0.29, 0.717) is 12.8 Å². The van der Waals surface area contributed by atoms with Crippen LogP contribution in [0.1, 0.15) is 168 Å². The standard InChI is InChI=1S/C41H78NO12P/c1-3-5-7-9-11-13-15-16-17-19-21-23-25-27-29-34(44)33(31-53-55(51,52)54-41-39(49)37(47)36(46)38(48)40(41)50)42-35(45)30-32(43)28-26-24-22-20-18-14-12-10-8-6-4-2/h19,21,27,29,32-34,36-41,43-44,46-50H,3-18,20,22-26,28,30-31H2,1-2H3,(H,42,45)(H,51,52)/b21-19+,29-27+. The van der Waals surface area contributed by atoms with Gasteiger partial charge < -0.3 is 46.0 Å². The number of aliphatic hydroxyl groups excluding tert-OH is 7. The number of carbonyl (C=O) groups is 1. The van der Waals surface area contributed by atoms with Crippen molar-refractivity contribution in [1.82, 2.24) is 5.32 Å². The summed E-state index contributed by atoms with van der Waals surface area (Å²) in [6.45, 7) is 3.69. The lowest BCUT2D eigenvalue weighted by molar-refractivity contribution is -0.220. The summed E-state index contributed by atoms with van der Waals surface area (Å²) < 4.78 is 22.8. The van der Waals surface area contributed by atoms with E-state index in [1.54, 1.807) is 6.08 Å². The molecule has 1 aliphatic carbocycles. The summed E-state index contributed by atoms with van der Waals surface area (Å²) in [5, 5.41) is 74.2. The SMILES string of the molecule is CCCCCCCCCC/C=C/CC/C=C/C(O)C(COP(=O)(O)OC1C(O)C(O)C(O)C(O)C1O)NC(=O)CC(O)CCCCCCCCCCCCC. The van der Waals surface area contributed by atoms with Crippen LogP contribution >= 0.6 is 7.82 Å². The third-order valence-electron chi connectivity index (χ3n) is 10.3. The Morgan fingerprint density at radius 3 is 1.60 bits per heavy atom. The normalized spacial score (nSPS) is 24.6. The molecule has 0 saturated heterocycles. The first-order chi connectivity index (χ1) is 26.3. The number of hydrogen-bond donors (Lipinski definition) is 9. The average Bonchev–Trinajstić information content (AvgIpc) is 3.15. The molecule has 8 atom stereocenters. The van der Waals surface area contributed by atoms with E-state index < -0.39 is 75.2 Å². The number of amides is 1. The highest BCUT2D eigenvalue weighted by Crippen LogP contribution is 2.47. The molecule has 0 spiro atoms. The quantitative estimate of drug-likeness (QED) is 0.0207. The van der Waals surface area contributed by atoms with Gasteiger partial charge in [0.05, 0.1) is 31.3 Å². The van der Waals surface area contributed by atoms with Crippen molar-refractivity contribution in [2.24, 2.45) is 0 Å². The molecule has 1 rings (SSSR count). The second kappa shape index (κ2) is 31.7. The van der Waals surface area contributed by atoms with E-state index in [9.17, 15) is 50.0 Å². The molecule has 8 unspecified atom stereocenters. The van der Waals surface area contributed by atoms with E-state index in [-0.39, 0.29) is 6.42 Å². The van der Waals surface area contributed by atoms with Gasteiger partial charge in [-0.25, -0.2) is 4.57 Å². The van der Waals surface area contributed by atoms with Crippen LogP contribution in [0.5, 0.6) is 0 Å². The number of rotatable bonds is 34. The van der Waals surface area contributed by atoms with Gasteiger partial charge in [-0.15, -0.1) is 0 Å². The van der Waals surface area contributed by atoms with Crippen molar-refractivity contribution in [3.63, 3.8) is 0 Å². The van der Waals surface area contributed by atoms with Crippen LogP contribution in [-0.2, 0) is 18.4 Å². The van der Waals surface area contributed by atoms with Crippen LogP contribution in [0.15, 0.2) is 24.3 Å². The van der Waals surface area contributed by atoms with Gasteiger partial charge >= 0.3 is 7.82 Å². The largest absolute Gasteiger partial charge is 0.472 e. The van der Waals surface area contributed by atoms with Gasteiger partial charge in [0.25, 0.3) is 0 Å². The molecule has 0 bridgehead atoms. The number of aliphatic hydroxyl groups is 7. The Morgan fingerprint density at radius 1 is 0.636 bits per heavy atom. The highest BCUT2D eigenvalue weighted by atomic mass is 31.2. The van der Waals surface area contributed by atoms with E-state index in [1.807, 2.05) is 0 Å². The van der Waals surface area contributed by atoms with Crippen molar-refractivity contribution in [2.75, 3.05) is 6.61 Å². The summed E-state index contributed by atoms with van der Waals surface area (Å²) in [5.41, 5.74) is 0. The Hall–Kier alpha value is -1.22. The predicted molar refractivity (Wildman–Crippen MR) is 215 cm³/mol. The number of carbonyl (C=O) groups excluding carboxylic acids is 1. The minimum Gasteiger partial charge on any atom is -0.393 e. The Bertz CT molecular complexity index is 1050. The first kappa shape index (κ1) is 51.8. The summed E-state index contributed by atoms with van der Waals surface area (Å²) in [7, 11) is -5.14. The molecule has 55 heavy (non-hydrogen) atoms. The summed E-state index contributed by atoms with van der Waals surface area (Å²) in [5.74, 6) is -0.604. The first-order valence-electron chi connectivity index (χ1n) is 21.4. The third kappa shape index (κ3) is 24.3. The van der Waals surface area contributed by atoms with Gasteiger partial charge in [-0.3, -0.25) is 13.8 Å². The molecule has 324 valence electrons. The summed E-state index contributed by atoms with van der Waals surface area (Å²) in [6, 6.07) is -1.25. The van der Waals surface area contributed by atoms with E-state index >= 15 is 0 Å². The van der Waals surface area contributed by atoms with Crippen LogP contribution in [0.3, 0.4) is 0 Å². The molecular weight excluding hydrogens is 729 g/mol. The molecular formula is C41H78NO12P. The maximum atomic E-state index is 12.9. The zero-order chi connectivity index (χ0) is 40.9. The molecule has 0 aromatic rings. The van der Waals surface area contributed by atoms with Gasteiger partial charge in [-0.05, 0) is 32.1 Å². The monoisotopic (exact) mass is 808 g/mol. The van der Waals surface area contributed by atoms with E-state index in [2.05, 4.69) is 31.3 Å². The van der Waals surface area contributed by atoms with Crippen molar-refractivity contribution in [3.8, 4) is 0 Å². The Labute approximate surface area is 331 Å². The lowest BCUT2D eigenvalue weighted by Gasteiger charge is -2.41. The highest BCUT2D eigenvalue weighted by Gasteiger charge is 2.51. The Balaban J connectivity index is 2.64. The molecule has 0 heterocycles. The molecule has 0 radical (unpaired) electrons. The van der Waals surface area contributed by atoms with Crippen LogP contribution in [0.2, 0.25) is 0 Å². The maximum Gasteiger partial charge on any atom is 0.472 e. The molecule has 9 N–H and O–H groups in total. The zero-order valence-corrected chi connectivity index (χ0v) is 34.7. The van der Waals surface area contributed by atoms with Crippen LogP contribution in [0.4, 0.5) is 0 Å². The predicted octanol–water partition coefficient (Wildman–Crippen LogP) is 6.03. The number of nitrogens with one attached hydrogen (secondary N) is 1. The Morgan fingerprint density at radius 2 is 1.07 bits per heavy atom. The van der Waals surface area contributed by atoms with Gasteiger partial charge in [0.15, 0.2) is 0 Å². The van der Waals surface area contributed by atoms with Gasteiger partial charge in [0.2, 0.25) is 5.91 Å². The second-order valence-electron chi connectivity index (χ2n) is 15.4. The summed E-state index contributed by atoms with van der Waals surface area (Å²) >= 11 is 0. The molecule has 13 nitrogen and oxygen atoms in total. The van der Waals surface area contributed by atoms with Crippen molar-refractivity contribution in [1.29, 1.82) is 0 Å². The van der Waals surface area contributed by atoms with Crippen LogP contribution in [0.25, 0.3) is 0 Å². The number of hydrogen-bond acceptors (Lipinski definition) is 11. The smallest absolute Gasteiger partial charge is 0.393 e. The highest BCUT2D eigenvalue weighted by molar-refractivity contribution is 7.47. The fourth-order valence-electron chi connectivity index (χ4n) is 6.73. The minimum absolute atomic E-state index is 0.250. The molecule has 0 aliphatic heterocycles. The third-order valence-corrected chi connectivity index (χ3v) is 11.3. The van der Waals surface area contributed by atoms with Crippen molar-refractivity contribution < 1.29 is 59.0 Å². The molecule has 1 fully saturated rings. The van der Waals surface area contributed by atoms with Gasteiger partial charge in [-0.1, -0.05) is 154 Å². The average molecular weight is 808 g/mol. The summed E-state index contributed by atoms with van der Waals surface area (Å²) in [4.78, 5) is 23.3. The molecule has 0 aromatic carbocycles. The van der Waals surface area contributed by atoms with Gasteiger partial charge in [0, 0.05) is 0 Å². The molecule has 0 aromatic heterocycles. The molecule has 14 heteroatoms. The number of phosphoric acid groups is 1. The molecule has 1 amide bonds. The van der Waals surface area contributed by atoms with Gasteiger partial charge in [-0.2, -0.15) is 0 Å². The fourth-order valence-corrected chi connectivity index (χ4v) is 7.69. The zero-order valence-electron chi connectivity index (χ0n) is 33.8. The lowest BCUT2D eigenvalue weighted by Crippen LogP contribution is -2.64. The first-order valence-corrected chi connectivity index (χ1v) is 22.9. The van der Waals surface area contributed by atoms with Crippen LogP contribution in [-0.4, -0.2) is 108 Å². The Kier molecular flexibility index (Phi) is 29.9. The number of unbranched alkanes of at least 4 members (excludes halogenated alkanes) is 19. The van der Waals surface area contributed by atoms with Gasteiger partial charge in [0.1, 0.15) is 36.6 Å². The molecule has 1 aliphatic rings. The summed E-state index contributed by atoms with van der Waals surface area (Å²) in [6.07, 6.45) is 18.5. The van der Waals surface area contributed by atoms with Crippen molar-refractivity contribution >= 4 is 13.7 Å². The van der Waals surface area contributed by atoms with Crippen LogP contribution < -0.4 is 5.32 Å². The van der Waals surface area contributed by atoms with Crippen LogP contribution in [0, 0.1) is 0 Å².